The van der Waals surface area contributed by atoms with E-state index in [1.54, 1.807) is 23.5 Å². The number of benzene rings is 4. The average molecular weight is 501 g/mol. The number of ether oxygens (including phenoxy) is 2. The molecule has 0 radical (unpaired) electrons. The smallest absolute Gasteiger partial charge is 0.127 e. The van der Waals surface area contributed by atoms with Gasteiger partial charge in [0.2, 0.25) is 0 Å². The predicted octanol–water partition coefficient (Wildman–Crippen LogP) is 10.1. The van der Waals surface area contributed by atoms with E-state index < -0.39 is 0 Å². The van der Waals surface area contributed by atoms with E-state index in [0.29, 0.717) is 5.92 Å². The zero-order valence-corrected chi connectivity index (χ0v) is 22.6. The summed E-state index contributed by atoms with van der Waals surface area (Å²) < 4.78 is 12.0. The molecule has 0 fully saturated rings. The molecule has 0 unspecified atom stereocenters. The largest absolute Gasteiger partial charge is 0.488 e. The van der Waals surface area contributed by atoms with Crippen molar-refractivity contribution in [3.63, 3.8) is 0 Å². The first-order valence-electron chi connectivity index (χ1n) is 11.9. The van der Waals surface area contributed by atoms with Crippen LogP contribution in [0.1, 0.15) is 46.1 Å². The predicted molar refractivity (Wildman–Crippen MR) is 149 cm³/mol. The van der Waals surface area contributed by atoms with E-state index in [9.17, 15) is 0 Å². The summed E-state index contributed by atoms with van der Waals surface area (Å²) in [5, 5.41) is 0. The molecule has 4 rings (SSSR count). The van der Waals surface area contributed by atoms with E-state index in [1.807, 2.05) is 36.4 Å². The Hall–Kier alpha value is -2.82. The van der Waals surface area contributed by atoms with Gasteiger partial charge in [-0.1, -0.05) is 49.5 Å². The summed E-state index contributed by atoms with van der Waals surface area (Å²) in [5.74, 6) is 3.10. The average Bonchev–Trinajstić information content (AvgIpc) is 2.82. The van der Waals surface area contributed by atoms with Crippen molar-refractivity contribution in [2.24, 2.45) is 0 Å². The monoisotopic (exact) mass is 500 g/mol. The first kappa shape index (κ1) is 25.3. The molecule has 0 aliphatic rings. The molecule has 35 heavy (non-hydrogen) atoms. The number of hydrogen-bond donors (Lipinski definition) is 0. The van der Waals surface area contributed by atoms with Crippen LogP contribution in [-0.4, -0.2) is 5.60 Å². The third-order valence-corrected chi connectivity index (χ3v) is 7.18. The Labute approximate surface area is 218 Å². The highest BCUT2D eigenvalue weighted by Crippen LogP contribution is 2.33. The molecule has 4 heteroatoms. The van der Waals surface area contributed by atoms with Crippen LogP contribution in [0.5, 0.6) is 17.2 Å². The van der Waals surface area contributed by atoms with Gasteiger partial charge in [0.25, 0.3) is 0 Å². The molecule has 0 saturated heterocycles. The van der Waals surface area contributed by atoms with Gasteiger partial charge >= 0.3 is 0 Å². The summed E-state index contributed by atoms with van der Waals surface area (Å²) >= 11 is 3.48. The topological polar surface area (TPSA) is 18.5 Å². The number of rotatable bonds is 8. The van der Waals surface area contributed by atoms with Gasteiger partial charge in [0, 0.05) is 19.6 Å². The van der Waals surface area contributed by atoms with Crippen molar-refractivity contribution >= 4 is 23.5 Å². The second-order valence-corrected chi connectivity index (χ2v) is 12.0. The van der Waals surface area contributed by atoms with Crippen LogP contribution in [-0.2, 0) is 0 Å². The van der Waals surface area contributed by atoms with E-state index in [-0.39, 0.29) is 5.60 Å². The van der Waals surface area contributed by atoms with Gasteiger partial charge in [-0.3, -0.25) is 0 Å². The van der Waals surface area contributed by atoms with Gasteiger partial charge in [0.05, 0.1) is 0 Å². The van der Waals surface area contributed by atoms with Crippen molar-refractivity contribution in [2.45, 2.75) is 65.7 Å². The van der Waals surface area contributed by atoms with Gasteiger partial charge < -0.3 is 9.47 Å². The van der Waals surface area contributed by atoms with Crippen molar-refractivity contribution in [1.82, 2.24) is 0 Å². The standard InChI is InChI=1S/C31H32O2S2/c1-22(2)23-6-14-27(15-7-23)34-28-16-8-24(9-17-28)32-25-10-18-29(19-11-25)35-30-20-12-26(13-21-30)33-31(3,4)5/h6-22H,1-5H3. The van der Waals surface area contributed by atoms with Gasteiger partial charge in [0.15, 0.2) is 0 Å². The lowest BCUT2D eigenvalue weighted by Crippen LogP contribution is -2.22. The maximum Gasteiger partial charge on any atom is 0.127 e. The Morgan fingerprint density at radius 2 is 0.857 bits per heavy atom. The second-order valence-electron chi connectivity index (χ2n) is 9.66. The zero-order valence-electron chi connectivity index (χ0n) is 20.9. The molecule has 2 nitrogen and oxygen atoms in total. The SMILES string of the molecule is CC(C)c1ccc(Sc2ccc(Oc3ccc(Sc4ccc(OC(C)(C)C)cc4)cc3)cc2)cc1. The van der Waals surface area contributed by atoms with Crippen molar-refractivity contribution in [3.05, 3.63) is 103 Å². The molecule has 0 heterocycles. The molecule has 0 aliphatic carbocycles. The lowest BCUT2D eigenvalue weighted by atomic mass is 10.0. The van der Waals surface area contributed by atoms with Gasteiger partial charge in [-0.2, -0.15) is 0 Å². The summed E-state index contributed by atoms with van der Waals surface area (Å²) in [5.41, 5.74) is 1.18. The van der Waals surface area contributed by atoms with Gasteiger partial charge in [-0.05, 0) is 117 Å². The fourth-order valence-corrected chi connectivity index (χ4v) is 5.04. The van der Waals surface area contributed by atoms with Crippen LogP contribution >= 0.6 is 23.5 Å². The molecule has 0 aliphatic heterocycles. The van der Waals surface area contributed by atoms with E-state index in [0.717, 1.165) is 22.1 Å². The van der Waals surface area contributed by atoms with Crippen molar-refractivity contribution in [3.8, 4) is 17.2 Å². The minimum Gasteiger partial charge on any atom is -0.488 e. The molecular weight excluding hydrogens is 468 g/mol. The molecule has 0 atom stereocenters. The van der Waals surface area contributed by atoms with Gasteiger partial charge in [-0.25, -0.2) is 0 Å². The van der Waals surface area contributed by atoms with Crippen LogP contribution in [0.15, 0.2) is 117 Å². The fraction of sp³-hybridized carbons (Fsp3) is 0.226. The first-order chi connectivity index (χ1) is 16.7. The Morgan fingerprint density at radius 1 is 0.514 bits per heavy atom. The normalized spacial score (nSPS) is 11.5. The van der Waals surface area contributed by atoms with Crippen LogP contribution in [0.4, 0.5) is 0 Å². The van der Waals surface area contributed by atoms with E-state index in [2.05, 4.69) is 95.3 Å². The highest BCUT2D eigenvalue weighted by Gasteiger charge is 2.11. The van der Waals surface area contributed by atoms with Gasteiger partial charge in [-0.15, -0.1) is 0 Å². The molecule has 0 spiro atoms. The van der Waals surface area contributed by atoms with Crippen molar-refractivity contribution in [1.29, 1.82) is 0 Å². The Bertz CT molecular complexity index is 1210. The van der Waals surface area contributed by atoms with Crippen molar-refractivity contribution < 1.29 is 9.47 Å². The van der Waals surface area contributed by atoms with E-state index in [1.165, 1.54) is 20.2 Å². The minimum atomic E-state index is -0.191. The fourth-order valence-electron chi connectivity index (χ4n) is 3.41. The summed E-state index contributed by atoms with van der Waals surface area (Å²) in [6.07, 6.45) is 0. The van der Waals surface area contributed by atoms with Gasteiger partial charge in [0.1, 0.15) is 22.8 Å². The summed E-state index contributed by atoms with van der Waals surface area (Å²) in [6.45, 7) is 10.6. The Balaban J connectivity index is 1.31. The van der Waals surface area contributed by atoms with Crippen LogP contribution < -0.4 is 9.47 Å². The summed E-state index contributed by atoms with van der Waals surface area (Å²) in [6, 6.07) is 33.5. The Kier molecular flexibility index (Phi) is 8.15. The molecule has 4 aromatic rings. The molecule has 180 valence electrons. The maximum absolute atomic E-state index is 6.06. The molecule has 0 bridgehead atoms. The van der Waals surface area contributed by atoms with E-state index >= 15 is 0 Å². The maximum atomic E-state index is 6.06. The quantitative estimate of drug-likeness (QED) is 0.239. The molecule has 0 aromatic heterocycles. The zero-order chi connectivity index (χ0) is 24.8. The first-order valence-corrected chi connectivity index (χ1v) is 13.5. The Morgan fingerprint density at radius 3 is 1.20 bits per heavy atom. The summed E-state index contributed by atoms with van der Waals surface area (Å²) in [4.78, 5) is 4.77. The second kappa shape index (κ2) is 11.3. The highest BCUT2D eigenvalue weighted by molar-refractivity contribution is 7.99. The molecule has 0 amide bonds. The molecule has 0 N–H and O–H groups in total. The minimum absolute atomic E-state index is 0.191. The molecular formula is C31H32O2S2. The lowest BCUT2D eigenvalue weighted by molar-refractivity contribution is 0.131. The lowest BCUT2D eigenvalue weighted by Gasteiger charge is -2.21. The van der Waals surface area contributed by atoms with Crippen LogP contribution in [0.2, 0.25) is 0 Å². The molecule has 0 saturated carbocycles. The highest BCUT2D eigenvalue weighted by atomic mass is 32.2. The third kappa shape index (κ3) is 7.84. The summed E-state index contributed by atoms with van der Waals surface area (Å²) in [7, 11) is 0. The third-order valence-electron chi connectivity index (χ3n) is 5.15. The van der Waals surface area contributed by atoms with Crippen LogP contribution in [0.3, 0.4) is 0 Å². The van der Waals surface area contributed by atoms with Crippen LogP contribution in [0.25, 0.3) is 0 Å². The van der Waals surface area contributed by atoms with Crippen molar-refractivity contribution in [2.75, 3.05) is 0 Å². The number of hydrogen-bond acceptors (Lipinski definition) is 4. The van der Waals surface area contributed by atoms with E-state index in [4.69, 9.17) is 9.47 Å². The van der Waals surface area contributed by atoms with Crippen LogP contribution in [0, 0.1) is 0 Å². The molecule has 4 aromatic carbocycles.